The van der Waals surface area contributed by atoms with E-state index in [0.717, 1.165) is 40.7 Å². The Balaban J connectivity index is 1.96. The number of aryl methyl sites for hydroxylation is 2. The van der Waals surface area contributed by atoms with Crippen LogP contribution in [0.4, 0.5) is 0 Å². The van der Waals surface area contributed by atoms with Gasteiger partial charge < -0.3 is 4.90 Å². The Hall–Kier alpha value is -3.05. The smallest absolute Gasteiger partial charge is 0.138 e. The highest BCUT2D eigenvalue weighted by atomic mass is 15.1. The number of rotatable bonds is 4. The van der Waals surface area contributed by atoms with Crippen LogP contribution in [0.2, 0.25) is 0 Å². The first-order valence-electron chi connectivity index (χ1n) is 9.04. The summed E-state index contributed by atoms with van der Waals surface area (Å²) in [5.74, 6) is 0.751. The topological polar surface area (TPSA) is 46.3 Å². The minimum absolute atomic E-state index is 0.751. The van der Waals surface area contributed by atoms with Crippen LogP contribution in [-0.2, 0) is 6.54 Å². The van der Waals surface area contributed by atoms with Gasteiger partial charge in [0, 0.05) is 24.5 Å². The lowest BCUT2D eigenvalue weighted by Gasteiger charge is -2.10. The monoisotopic (exact) mass is 357 g/mol. The van der Waals surface area contributed by atoms with Crippen molar-refractivity contribution < 1.29 is 0 Å². The van der Waals surface area contributed by atoms with Crippen LogP contribution in [0, 0.1) is 13.8 Å². The molecule has 1 aromatic carbocycles. The summed E-state index contributed by atoms with van der Waals surface area (Å²) < 4.78 is 2.12. The van der Waals surface area contributed by atoms with Gasteiger partial charge in [0.1, 0.15) is 11.5 Å². The van der Waals surface area contributed by atoms with Crippen molar-refractivity contribution >= 4 is 5.65 Å². The zero-order chi connectivity index (χ0) is 19.0. The zero-order valence-electron chi connectivity index (χ0n) is 16.1. The molecule has 5 heteroatoms. The Bertz CT molecular complexity index is 1090. The van der Waals surface area contributed by atoms with Gasteiger partial charge in [-0.1, -0.05) is 29.8 Å². The highest BCUT2D eigenvalue weighted by molar-refractivity contribution is 5.80. The number of hydrogen-bond donors (Lipinski definition) is 0. The molecule has 0 atom stereocenters. The molecule has 0 fully saturated rings. The van der Waals surface area contributed by atoms with Crippen molar-refractivity contribution in [3.05, 3.63) is 71.8 Å². The molecule has 0 spiro atoms. The van der Waals surface area contributed by atoms with Gasteiger partial charge in [-0.3, -0.25) is 4.40 Å². The molecule has 4 aromatic rings. The Morgan fingerprint density at radius 1 is 0.963 bits per heavy atom. The van der Waals surface area contributed by atoms with E-state index in [4.69, 9.17) is 4.98 Å². The summed E-state index contributed by atoms with van der Waals surface area (Å²) in [6.07, 6.45) is 3.89. The van der Waals surface area contributed by atoms with Gasteiger partial charge in [-0.2, -0.15) is 0 Å². The van der Waals surface area contributed by atoms with E-state index < -0.39 is 0 Å². The standard InChI is InChI=1S/C22H23N5/c1-15-5-7-18(8-6-15)21-22(19-9-11-23-16(2)24-19)27-12-10-17(14-26(3)4)13-20(27)25-21/h5-13H,14H2,1-4H3. The molecule has 5 nitrogen and oxygen atoms in total. The maximum absolute atomic E-state index is 4.97. The van der Waals surface area contributed by atoms with E-state index in [1.807, 2.05) is 13.0 Å². The van der Waals surface area contributed by atoms with Gasteiger partial charge in [0.05, 0.1) is 17.1 Å². The van der Waals surface area contributed by atoms with Crippen molar-refractivity contribution in [2.45, 2.75) is 20.4 Å². The normalized spacial score (nSPS) is 11.4. The van der Waals surface area contributed by atoms with E-state index in [2.05, 4.69) is 82.9 Å². The van der Waals surface area contributed by atoms with Gasteiger partial charge in [-0.25, -0.2) is 15.0 Å². The van der Waals surface area contributed by atoms with E-state index in [0.29, 0.717) is 0 Å². The molecule has 136 valence electrons. The van der Waals surface area contributed by atoms with Crippen LogP contribution in [0.25, 0.3) is 28.3 Å². The lowest BCUT2D eigenvalue weighted by molar-refractivity contribution is 0.402. The summed E-state index contributed by atoms with van der Waals surface area (Å²) in [5.41, 5.74) is 7.30. The first kappa shape index (κ1) is 17.4. The predicted molar refractivity (Wildman–Crippen MR) is 109 cm³/mol. The van der Waals surface area contributed by atoms with Crippen molar-refractivity contribution in [3.63, 3.8) is 0 Å². The van der Waals surface area contributed by atoms with Crippen LogP contribution in [0.5, 0.6) is 0 Å². The minimum Gasteiger partial charge on any atom is -0.305 e. The lowest BCUT2D eigenvalue weighted by Crippen LogP contribution is -2.10. The SMILES string of the molecule is Cc1ccc(-c2nc3cc(CN(C)C)ccn3c2-c2ccnc(C)n2)cc1. The molecule has 0 unspecified atom stereocenters. The summed E-state index contributed by atoms with van der Waals surface area (Å²) >= 11 is 0. The molecular formula is C22H23N5. The molecule has 0 N–H and O–H groups in total. The third-order valence-electron chi connectivity index (χ3n) is 4.53. The van der Waals surface area contributed by atoms with Gasteiger partial charge in [0.25, 0.3) is 0 Å². The number of pyridine rings is 1. The lowest BCUT2D eigenvalue weighted by atomic mass is 10.1. The van der Waals surface area contributed by atoms with Crippen LogP contribution in [0.15, 0.2) is 54.9 Å². The molecule has 0 aliphatic rings. The average molecular weight is 357 g/mol. The molecule has 3 aromatic heterocycles. The molecule has 27 heavy (non-hydrogen) atoms. The fraction of sp³-hybridized carbons (Fsp3) is 0.227. The second kappa shape index (κ2) is 6.93. The molecule has 4 rings (SSSR count). The maximum Gasteiger partial charge on any atom is 0.138 e. The summed E-state index contributed by atoms with van der Waals surface area (Å²) in [6.45, 7) is 4.88. The molecule has 0 saturated heterocycles. The van der Waals surface area contributed by atoms with Crippen molar-refractivity contribution in [1.29, 1.82) is 0 Å². The third-order valence-corrected chi connectivity index (χ3v) is 4.53. The van der Waals surface area contributed by atoms with E-state index in [1.165, 1.54) is 11.1 Å². The summed E-state index contributed by atoms with van der Waals surface area (Å²) in [4.78, 5) is 16.0. The van der Waals surface area contributed by atoms with Gasteiger partial charge in [0.2, 0.25) is 0 Å². The van der Waals surface area contributed by atoms with E-state index in [1.54, 1.807) is 6.20 Å². The van der Waals surface area contributed by atoms with Crippen LogP contribution >= 0.6 is 0 Å². The highest BCUT2D eigenvalue weighted by Crippen LogP contribution is 2.32. The largest absolute Gasteiger partial charge is 0.305 e. The quantitative estimate of drug-likeness (QED) is 0.551. The van der Waals surface area contributed by atoms with E-state index in [9.17, 15) is 0 Å². The molecule has 3 heterocycles. The number of benzene rings is 1. The molecule has 0 bridgehead atoms. The van der Waals surface area contributed by atoms with Gasteiger partial charge in [-0.15, -0.1) is 0 Å². The zero-order valence-corrected chi connectivity index (χ0v) is 16.1. The third kappa shape index (κ3) is 3.46. The first-order valence-corrected chi connectivity index (χ1v) is 9.04. The molecule has 0 saturated carbocycles. The minimum atomic E-state index is 0.751. The highest BCUT2D eigenvalue weighted by Gasteiger charge is 2.17. The molecule has 0 aliphatic carbocycles. The summed E-state index contributed by atoms with van der Waals surface area (Å²) in [7, 11) is 4.14. The van der Waals surface area contributed by atoms with Crippen molar-refractivity contribution in [2.24, 2.45) is 0 Å². The van der Waals surface area contributed by atoms with Crippen LogP contribution in [0.1, 0.15) is 17.0 Å². The first-order chi connectivity index (χ1) is 13.0. The number of fused-ring (bicyclic) bond motifs is 1. The van der Waals surface area contributed by atoms with Crippen LogP contribution in [-0.4, -0.2) is 38.3 Å². The second-order valence-corrected chi connectivity index (χ2v) is 7.17. The predicted octanol–water partition coefficient (Wildman–Crippen LogP) is 4.14. The summed E-state index contributed by atoms with van der Waals surface area (Å²) in [6, 6.07) is 14.7. The van der Waals surface area contributed by atoms with E-state index >= 15 is 0 Å². The van der Waals surface area contributed by atoms with Crippen molar-refractivity contribution in [3.8, 4) is 22.6 Å². The Kier molecular flexibility index (Phi) is 4.46. The second-order valence-electron chi connectivity index (χ2n) is 7.17. The number of imidazole rings is 1. The number of hydrogen-bond acceptors (Lipinski definition) is 4. The fourth-order valence-electron chi connectivity index (χ4n) is 3.30. The molecular weight excluding hydrogens is 334 g/mol. The molecule has 0 aliphatic heterocycles. The van der Waals surface area contributed by atoms with Crippen LogP contribution < -0.4 is 0 Å². The van der Waals surface area contributed by atoms with Crippen molar-refractivity contribution in [1.82, 2.24) is 24.3 Å². The average Bonchev–Trinajstić information content (AvgIpc) is 3.00. The maximum atomic E-state index is 4.97. The molecule has 0 radical (unpaired) electrons. The van der Waals surface area contributed by atoms with Gasteiger partial charge in [-0.05, 0) is 51.7 Å². The Morgan fingerprint density at radius 3 is 2.44 bits per heavy atom. The molecule has 0 amide bonds. The van der Waals surface area contributed by atoms with E-state index in [-0.39, 0.29) is 0 Å². The van der Waals surface area contributed by atoms with Gasteiger partial charge >= 0.3 is 0 Å². The van der Waals surface area contributed by atoms with Crippen LogP contribution in [0.3, 0.4) is 0 Å². The summed E-state index contributed by atoms with van der Waals surface area (Å²) in [5, 5.41) is 0. The fourth-order valence-corrected chi connectivity index (χ4v) is 3.30. The van der Waals surface area contributed by atoms with Crippen molar-refractivity contribution in [2.75, 3.05) is 14.1 Å². The number of aromatic nitrogens is 4. The Labute approximate surface area is 159 Å². The Morgan fingerprint density at radius 2 is 1.74 bits per heavy atom. The number of nitrogens with zero attached hydrogens (tertiary/aromatic N) is 5. The van der Waals surface area contributed by atoms with Gasteiger partial charge in [0.15, 0.2) is 0 Å².